The van der Waals surface area contributed by atoms with E-state index >= 15 is 0 Å². The normalized spacial score (nSPS) is 11.7. The summed E-state index contributed by atoms with van der Waals surface area (Å²) in [7, 11) is 0. The Morgan fingerprint density at radius 1 is 1.13 bits per heavy atom. The van der Waals surface area contributed by atoms with Gasteiger partial charge in [0.25, 0.3) is 5.91 Å². The SMILES string of the molecule is CCOC(=O)CNC(=O)[C@H](CC(C)C)NC(=O)c1ccccc1. The highest BCUT2D eigenvalue weighted by molar-refractivity contribution is 5.97. The standard InChI is InChI=1S/C17H24N2O4/c1-4-23-15(20)11-18-17(22)14(10-12(2)3)19-16(21)13-8-6-5-7-9-13/h5-9,12,14H,4,10-11H2,1-3H3,(H,18,22)(H,19,21)/t14-/m0/s1. The van der Waals surface area contributed by atoms with Gasteiger partial charge < -0.3 is 15.4 Å². The number of carbonyl (C=O) groups excluding carboxylic acids is 3. The minimum absolute atomic E-state index is 0.206. The van der Waals surface area contributed by atoms with Gasteiger partial charge >= 0.3 is 5.97 Å². The molecule has 0 saturated carbocycles. The molecule has 126 valence electrons. The highest BCUT2D eigenvalue weighted by Gasteiger charge is 2.23. The summed E-state index contributed by atoms with van der Waals surface area (Å²) in [6.45, 7) is 5.67. The lowest BCUT2D eigenvalue weighted by molar-refractivity contribution is -0.143. The van der Waals surface area contributed by atoms with Crippen molar-refractivity contribution >= 4 is 17.8 Å². The lowest BCUT2D eigenvalue weighted by Gasteiger charge is -2.20. The molecule has 0 spiro atoms. The van der Waals surface area contributed by atoms with E-state index in [9.17, 15) is 14.4 Å². The first-order chi connectivity index (χ1) is 10.9. The first kappa shape index (κ1) is 18.7. The monoisotopic (exact) mass is 320 g/mol. The van der Waals surface area contributed by atoms with E-state index in [1.54, 1.807) is 31.2 Å². The molecular formula is C17H24N2O4. The summed E-state index contributed by atoms with van der Waals surface area (Å²) < 4.78 is 4.76. The van der Waals surface area contributed by atoms with E-state index in [4.69, 9.17) is 4.74 Å². The Morgan fingerprint density at radius 2 is 1.78 bits per heavy atom. The van der Waals surface area contributed by atoms with E-state index in [-0.39, 0.29) is 25.0 Å². The molecule has 1 atom stereocenters. The Morgan fingerprint density at radius 3 is 2.35 bits per heavy atom. The number of rotatable bonds is 8. The minimum Gasteiger partial charge on any atom is -0.465 e. The van der Waals surface area contributed by atoms with Crippen molar-refractivity contribution in [2.75, 3.05) is 13.2 Å². The van der Waals surface area contributed by atoms with Crippen LogP contribution in [0.25, 0.3) is 0 Å². The first-order valence-electron chi connectivity index (χ1n) is 7.73. The van der Waals surface area contributed by atoms with Crippen molar-refractivity contribution in [3.8, 4) is 0 Å². The third-order valence-electron chi connectivity index (χ3n) is 3.08. The third kappa shape index (κ3) is 6.95. The summed E-state index contributed by atoms with van der Waals surface area (Å²) in [6.07, 6.45) is 0.479. The van der Waals surface area contributed by atoms with Crippen LogP contribution in [-0.2, 0) is 14.3 Å². The predicted octanol–water partition coefficient (Wildman–Crippen LogP) is 1.51. The van der Waals surface area contributed by atoms with Crippen LogP contribution in [0.5, 0.6) is 0 Å². The van der Waals surface area contributed by atoms with Crippen LogP contribution in [0.2, 0.25) is 0 Å². The summed E-state index contributed by atoms with van der Waals surface area (Å²) in [5, 5.41) is 5.22. The molecule has 0 aliphatic carbocycles. The van der Waals surface area contributed by atoms with Crippen LogP contribution in [0.1, 0.15) is 37.6 Å². The van der Waals surface area contributed by atoms with Gasteiger partial charge in [-0.15, -0.1) is 0 Å². The van der Waals surface area contributed by atoms with Gasteiger partial charge in [-0.2, -0.15) is 0 Å². The second kappa shape index (κ2) is 9.61. The summed E-state index contributed by atoms with van der Waals surface area (Å²) in [4.78, 5) is 35.7. The molecule has 1 rings (SSSR count). The summed E-state index contributed by atoms with van der Waals surface area (Å²) in [5.41, 5.74) is 0.486. The smallest absolute Gasteiger partial charge is 0.325 e. The largest absolute Gasteiger partial charge is 0.465 e. The molecule has 6 heteroatoms. The fraction of sp³-hybridized carbons (Fsp3) is 0.471. The Labute approximate surface area is 136 Å². The Hall–Kier alpha value is -2.37. The maximum absolute atomic E-state index is 12.2. The van der Waals surface area contributed by atoms with Gasteiger partial charge in [-0.1, -0.05) is 32.0 Å². The zero-order valence-electron chi connectivity index (χ0n) is 13.8. The van der Waals surface area contributed by atoms with Crippen LogP contribution in [0, 0.1) is 5.92 Å². The number of hydrogen-bond donors (Lipinski definition) is 2. The first-order valence-corrected chi connectivity index (χ1v) is 7.73. The molecule has 0 fully saturated rings. The number of benzene rings is 1. The number of nitrogens with one attached hydrogen (secondary N) is 2. The zero-order valence-corrected chi connectivity index (χ0v) is 13.8. The Balaban J connectivity index is 2.66. The summed E-state index contributed by atoms with van der Waals surface area (Å²) in [6, 6.07) is 7.99. The molecule has 0 radical (unpaired) electrons. The van der Waals surface area contributed by atoms with Gasteiger partial charge in [0.1, 0.15) is 12.6 Å². The van der Waals surface area contributed by atoms with E-state index in [2.05, 4.69) is 10.6 Å². The van der Waals surface area contributed by atoms with Crippen LogP contribution in [0.3, 0.4) is 0 Å². The number of ether oxygens (including phenoxy) is 1. The zero-order chi connectivity index (χ0) is 17.2. The number of esters is 1. The van der Waals surface area contributed by atoms with E-state index in [1.165, 1.54) is 0 Å². The second-order valence-corrected chi connectivity index (χ2v) is 5.54. The van der Waals surface area contributed by atoms with Crippen molar-refractivity contribution in [2.45, 2.75) is 33.2 Å². The van der Waals surface area contributed by atoms with E-state index < -0.39 is 17.9 Å². The van der Waals surface area contributed by atoms with Crippen LogP contribution in [0.15, 0.2) is 30.3 Å². The fourth-order valence-corrected chi connectivity index (χ4v) is 2.03. The lowest BCUT2D eigenvalue weighted by atomic mass is 10.0. The third-order valence-corrected chi connectivity index (χ3v) is 3.08. The van der Waals surface area contributed by atoms with Gasteiger partial charge in [0.05, 0.1) is 6.61 Å². The molecule has 1 aromatic carbocycles. The molecule has 0 aliphatic heterocycles. The van der Waals surface area contributed by atoms with E-state index in [1.807, 2.05) is 19.9 Å². The van der Waals surface area contributed by atoms with Gasteiger partial charge in [-0.05, 0) is 31.4 Å². The van der Waals surface area contributed by atoms with Crippen molar-refractivity contribution in [1.82, 2.24) is 10.6 Å². The minimum atomic E-state index is -0.697. The quantitative estimate of drug-likeness (QED) is 0.711. The van der Waals surface area contributed by atoms with Gasteiger partial charge in [-0.3, -0.25) is 14.4 Å². The van der Waals surface area contributed by atoms with Crippen LogP contribution in [0.4, 0.5) is 0 Å². The topological polar surface area (TPSA) is 84.5 Å². The average Bonchev–Trinajstić information content (AvgIpc) is 2.52. The molecule has 0 bridgehead atoms. The predicted molar refractivity (Wildman–Crippen MR) is 86.8 cm³/mol. The Bertz CT molecular complexity index is 529. The highest BCUT2D eigenvalue weighted by atomic mass is 16.5. The molecule has 0 unspecified atom stereocenters. The van der Waals surface area contributed by atoms with E-state index in [0.717, 1.165) is 0 Å². The molecule has 0 aromatic heterocycles. The fourth-order valence-electron chi connectivity index (χ4n) is 2.03. The Kier molecular flexibility index (Phi) is 7.80. The molecule has 2 N–H and O–H groups in total. The number of hydrogen-bond acceptors (Lipinski definition) is 4. The van der Waals surface area contributed by atoms with Crippen molar-refractivity contribution in [1.29, 1.82) is 0 Å². The summed E-state index contributed by atoms with van der Waals surface area (Å²) >= 11 is 0. The van der Waals surface area contributed by atoms with Crippen LogP contribution >= 0.6 is 0 Å². The highest BCUT2D eigenvalue weighted by Crippen LogP contribution is 2.07. The molecule has 2 amide bonds. The van der Waals surface area contributed by atoms with Gasteiger partial charge in [0.2, 0.25) is 5.91 Å². The molecule has 0 aliphatic rings. The van der Waals surface area contributed by atoms with Crippen molar-refractivity contribution in [3.63, 3.8) is 0 Å². The molecule has 1 aromatic rings. The summed E-state index contributed by atoms with van der Waals surface area (Å²) in [5.74, 6) is -0.999. The van der Waals surface area contributed by atoms with Crippen LogP contribution in [-0.4, -0.2) is 37.0 Å². The van der Waals surface area contributed by atoms with E-state index in [0.29, 0.717) is 12.0 Å². The maximum Gasteiger partial charge on any atom is 0.325 e. The van der Waals surface area contributed by atoms with Gasteiger partial charge in [0.15, 0.2) is 0 Å². The van der Waals surface area contributed by atoms with Crippen molar-refractivity contribution < 1.29 is 19.1 Å². The molecular weight excluding hydrogens is 296 g/mol. The van der Waals surface area contributed by atoms with Crippen LogP contribution < -0.4 is 10.6 Å². The molecule has 23 heavy (non-hydrogen) atoms. The maximum atomic E-state index is 12.2. The number of amides is 2. The molecule has 0 heterocycles. The van der Waals surface area contributed by atoms with Crippen molar-refractivity contribution in [2.24, 2.45) is 5.92 Å². The number of carbonyl (C=O) groups is 3. The van der Waals surface area contributed by atoms with Gasteiger partial charge in [-0.25, -0.2) is 0 Å². The lowest BCUT2D eigenvalue weighted by Crippen LogP contribution is -2.48. The average molecular weight is 320 g/mol. The van der Waals surface area contributed by atoms with Gasteiger partial charge in [0, 0.05) is 5.56 Å². The second-order valence-electron chi connectivity index (χ2n) is 5.54. The molecule has 0 saturated heterocycles. The molecule has 6 nitrogen and oxygen atoms in total. The van der Waals surface area contributed by atoms with Crippen molar-refractivity contribution in [3.05, 3.63) is 35.9 Å².